The van der Waals surface area contributed by atoms with Crippen LogP contribution in [0.25, 0.3) is 10.2 Å². The third-order valence-corrected chi connectivity index (χ3v) is 6.69. The van der Waals surface area contributed by atoms with Gasteiger partial charge in [-0.1, -0.05) is 18.2 Å². The summed E-state index contributed by atoms with van der Waals surface area (Å²) < 4.78 is 13.1. The number of para-hydroxylation sites is 1. The van der Waals surface area contributed by atoms with Crippen molar-refractivity contribution >= 4 is 21.6 Å². The molecule has 2 aromatic heterocycles. The van der Waals surface area contributed by atoms with Crippen molar-refractivity contribution in [2.45, 2.75) is 43.6 Å². The van der Waals surface area contributed by atoms with Crippen LogP contribution in [0.3, 0.4) is 0 Å². The fourth-order valence-electron chi connectivity index (χ4n) is 3.91. The van der Waals surface area contributed by atoms with E-state index in [4.69, 9.17) is 14.5 Å². The van der Waals surface area contributed by atoms with Gasteiger partial charge in [0.05, 0.1) is 15.2 Å². The molecule has 1 aliphatic heterocycles. The second-order valence-corrected chi connectivity index (χ2v) is 8.27. The normalized spacial score (nSPS) is 23.7. The van der Waals surface area contributed by atoms with E-state index in [2.05, 4.69) is 35.3 Å². The molecule has 1 aromatic carbocycles. The van der Waals surface area contributed by atoms with Gasteiger partial charge in [-0.3, -0.25) is 0 Å². The fourth-order valence-corrected chi connectivity index (χ4v) is 5.00. The van der Waals surface area contributed by atoms with E-state index in [0.717, 1.165) is 50.3 Å². The van der Waals surface area contributed by atoms with E-state index in [1.54, 1.807) is 0 Å². The van der Waals surface area contributed by atoms with Gasteiger partial charge >= 0.3 is 0 Å². The molecule has 0 atom stereocenters. The quantitative estimate of drug-likeness (QED) is 0.658. The number of rotatable bonds is 4. The number of fused-ring (bicyclic) bond motifs is 1. The van der Waals surface area contributed by atoms with Crippen molar-refractivity contribution in [1.29, 1.82) is 0 Å². The maximum Gasteiger partial charge on any atom is 0.217 e. The lowest BCUT2D eigenvalue weighted by atomic mass is 9.82. The van der Waals surface area contributed by atoms with Crippen LogP contribution in [0.2, 0.25) is 0 Å². The van der Waals surface area contributed by atoms with E-state index < -0.39 is 0 Å². The van der Waals surface area contributed by atoms with Gasteiger partial charge < -0.3 is 9.47 Å². The molecular formula is C21H22N2O2S. The molecule has 3 aromatic rings. The van der Waals surface area contributed by atoms with Crippen LogP contribution in [0.4, 0.5) is 0 Å². The predicted octanol–water partition coefficient (Wildman–Crippen LogP) is 4.91. The van der Waals surface area contributed by atoms with Crippen molar-refractivity contribution in [3.8, 4) is 5.88 Å². The molecule has 1 saturated carbocycles. The second-order valence-electron chi connectivity index (χ2n) is 7.21. The predicted molar refractivity (Wildman–Crippen MR) is 103 cm³/mol. The summed E-state index contributed by atoms with van der Waals surface area (Å²) in [4.78, 5) is 9.33. The van der Waals surface area contributed by atoms with Crippen LogP contribution in [0.1, 0.15) is 48.1 Å². The molecule has 4 nitrogen and oxygen atoms in total. The molecule has 2 aliphatic rings. The molecular weight excluding hydrogens is 344 g/mol. The van der Waals surface area contributed by atoms with E-state index in [9.17, 15) is 0 Å². The van der Waals surface area contributed by atoms with Crippen LogP contribution >= 0.6 is 11.3 Å². The summed E-state index contributed by atoms with van der Waals surface area (Å²) in [5.41, 5.74) is 2.36. The Morgan fingerprint density at radius 1 is 1.00 bits per heavy atom. The van der Waals surface area contributed by atoms with Gasteiger partial charge in [0.1, 0.15) is 6.10 Å². The molecule has 0 bridgehead atoms. The van der Waals surface area contributed by atoms with Crippen LogP contribution in [0.15, 0.2) is 42.6 Å². The van der Waals surface area contributed by atoms with Gasteiger partial charge in [-0.05, 0) is 49.8 Å². The Bertz CT molecular complexity index is 865. The zero-order chi connectivity index (χ0) is 17.3. The van der Waals surface area contributed by atoms with Crippen molar-refractivity contribution in [1.82, 2.24) is 9.97 Å². The van der Waals surface area contributed by atoms with Crippen molar-refractivity contribution < 1.29 is 9.47 Å². The van der Waals surface area contributed by atoms with E-state index in [1.165, 1.54) is 15.3 Å². The summed E-state index contributed by atoms with van der Waals surface area (Å²) in [6, 6.07) is 12.6. The number of nitrogens with zero attached hydrogens (tertiary/aromatic N) is 2. The maximum atomic E-state index is 6.29. The Morgan fingerprint density at radius 3 is 2.69 bits per heavy atom. The summed E-state index contributed by atoms with van der Waals surface area (Å²) in [5, 5.41) is 1.25. The van der Waals surface area contributed by atoms with Crippen LogP contribution in [0, 0.1) is 0 Å². The zero-order valence-corrected chi connectivity index (χ0v) is 15.5. The monoisotopic (exact) mass is 366 g/mol. The lowest BCUT2D eigenvalue weighted by Crippen LogP contribution is -2.33. The highest BCUT2D eigenvalue weighted by atomic mass is 32.1. The summed E-state index contributed by atoms with van der Waals surface area (Å²) in [6.45, 7) is 1.67. The van der Waals surface area contributed by atoms with Crippen LogP contribution in [0.5, 0.6) is 5.88 Å². The third-order valence-electron chi connectivity index (χ3n) is 5.49. The first-order valence-electron chi connectivity index (χ1n) is 9.41. The Kier molecular flexibility index (Phi) is 4.35. The minimum Gasteiger partial charge on any atom is -0.474 e. The van der Waals surface area contributed by atoms with Gasteiger partial charge in [0.25, 0.3) is 0 Å². The van der Waals surface area contributed by atoms with Gasteiger partial charge in [-0.15, -0.1) is 11.3 Å². The standard InChI is InChI=1S/C21H22N2O2S/c1-2-6-19-18(5-1)23-21(26-19)15-12-16(13-15)25-20-17(4-3-9-22-20)14-7-10-24-11-8-14/h1-6,9,14-16H,7-8,10-13H2. The molecule has 26 heavy (non-hydrogen) atoms. The Labute approximate surface area is 157 Å². The maximum absolute atomic E-state index is 6.29. The Balaban J connectivity index is 1.26. The zero-order valence-electron chi connectivity index (χ0n) is 14.6. The highest BCUT2D eigenvalue weighted by Gasteiger charge is 2.35. The number of hydrogen-bond donors (Lipinski definition) is 0. The van der Waals surface area contributed by atoms with Crippen LogP contribution in [-0.4, -0.2) is 29.3 Å². The van der Waals surface area contributed by atoms with Crippen LogP contribution < -0.4 is 4.74 Å². The highest BCUT2D eigenvalue weighted by molar-refractivity contribution is 7.18. The topological polar surface area (TPSA) is 44.2 Å². The molecule has 0 N–H and O–H groups in total. The van der Waals surface area contributed by atoms with Crippen molar-refractivity contribution in [2.75, 3.05) is 13.2 Å². The molecule has 0 unspecified atom stereocenters. The number of thiazole rings is 1. The highest BCUT2D eigenvalue weighted by Crippen LogP contribution is 2.43. The third kappa shape index (κ3) is 3.10. The largest absolute Gasteiger partial charge is 0.474 e. The number of ether oxygens (including phenoxy) is 2. The molecule has 5 heteroatoms. The fraction of sp³-hybridized carbons (Fsp3) is 0.429. The summed E-state index contributed by atoms with van der Waals surface area (Å²) >= 11 is 1.82. The van der Waals surface area contributed by atoms with Gasteiger partial charge in [0.2, 0.25) is 5.88 Å². The molecule has 134 valence electrons. The van der Waals surface area contributed by atoms with Gasteiger partial charge in [0, 0.05) is 30.9 Å². The summed E-state index contributed by atoms with van der Waals surface area (Å²) in [6.07, 6.45) is 6.26. The minimum absolute atomic E-state index is 0.250. The lowest BCUT2D eigenvalue weighted by molar-refractivity contribution is 0.0771. The van der Waals surface area contributed by atoms with Gasteiger partial charge in [0.15, 0.2) is 0 Å². The SMILES string of the molecule is c1cnc(OC2CC(c3nc4ccccc4s3)C2)c(C2CCOCC2)c1. The molecule has 1 aliphatic carbocycles. The molecule has 1 saturated heterocycles. The molecule has 0 amide bonds. The average molecular weight is 366 g/mol. The van der Waals surface area contributed by atoms with Crippen molar-refractivity contribution in [2.24, 2.45) is 0 Å². The minimum atomic E-state index is 0.250. The smallest absolute Gasteiger partial charge is 0.217 e. The first-order chi connectivity index (χ1) is 12.9. The van der Waals surface area contributed by atoms with Crippen molar-refractivity contribution in [3.63, 3.8) is 0 Å². The van der Waals surface area contributed by atoms with E-state index >= 15 is 0 Å². The second kappa shape index (κ2) is 6.97. The van der Waals surface area contributed by atoms with Crippen molar-refractivity contribution in [3.05, 3.63) is 53.2 Å². The Hall–Kier alpha value is -1.98. The first-order valence-corrected chi connectivity index (χ1v) is 10.2. The molecule has 0 spiro atoms. The van der Waals surface area contributed by atoms with E-state index in [-0.39, 0.29) is 6.10 Å². The molecule has 5 rings (SSSR count). The van der Waals surface area contributed by atoms with E-state index in [0.29, 0.717) is 11.8 Å². The number of hydrogen-bond acceptors (Lipinski definition) is 5. The van der Waals surface area contributed by atoms with E-state index in [1.807, 2.05) is 23.6 Å². The lowest BCUT2D eigenvalue weighted by Gasteiger charge is -2.34. The van der Waals surface area contributed by atoms with Gasteiger partial charge in [-0.2, -0.15) is 0 Å². The number of pyridine rings is 1. The first kappa shape index (κ1) is 16.2. The molecule has 2 fully saturated rings. The number of benzene rings is 1. The summed E-state index contributed by atoms with van der Waals surface area (Å²) in [5.74, 6) is 1.85. The Morgan fingerprint density at radius 2 is 1.85 bits per heavy atom. The van der Waals surface area contributed by atoms with Crippen LogP contribution in [-0.2, 0) is 4.74 Å². The molecule has 3 heterocycles. The number of aromatic nitrogens is 2. The summed E-state index contributed by atoms with van der Waals surface area (Å²) in [7, 11) is 0. The molecule has 0 radical (unpaired) electrons. The van der Waals surface area contributed by atoms with Gasteiger partial charge in [-0.25, -0.2) is 9.97 Å². The average Bonchev–Trinajstić information content (AvgIpc) is 3.09.